The fourth-order valence-corrected chi connectivity index (χ4v) is 3.26. The minimum atomic E-state index is -0.703. The van der Waals surface area contributed by atoms with Crippen molar-refractivity contribution in [2.24, 2.45) is 11.8 Å². The number of phenolic OH excluding ortho intramolecular Hbond substituents is 1. The van der Waals surface area contributed by atoms with Crippen LogP contribution in [0.5, 0.6) is 5.75 Å². The first-order valence-corrected chi connectivity index (χ1v) is 7.72. The van der Waals surface area contributed by atoms with Gasteiger partial charge in [0.2, 0.25) is 0 Å². The molecule has 0 bridgehead atoms. The lowest BCUT2D eigenvalue weighted by Crippen LogP contribution is -2.39. The van der Waals surface area contributed by atoms with Gasteiger partial charge in [0, 0.05) is 19.0 Å². The minimum absolute atomic E-state index is 0.220. The van der Waals surface area contributed by atoms with Crippen molar-refractivity contribution in [1.29, 1.82) is 0 Å². The molecule has 2 rings (SSSR count). The summed E-state index contributed by atoms with van der Waals surface area (Å²) in [7, 11) is 0. The molecule has 1 aromatic carbocycles. The lowest BCUT2D eigenvalue weighted by Gasteiger charge is -2.39. The number of nitrogens with zero attached hydrogens (tertiary/aromatic N) is 1. The Bertz CT molecular complexity index is 471. The van der Waals surface area contributed by atoms with Gasteiger partial charge in [-0.1, -0.05) is 19.1 Å². The third-order valence-electron chi connectivity index (χ3n) is 4.71. The highest BCUT2D eigenvalue weighted by Gasteiger charge is 2.28. The van der Waals surface area contributed by atoms with Crippen LogP contribution in [0.4, 0.5) is 0 Å². The molecule has 0 amide bonds. The van der Waals surface area contributed by atoms with Gasteiger partial charge >= 0.3 is 5.97 Å². The fourth-order valence-electron chi connectivity index (χ4n) is 3.26. The van der Waals surface area contributed by atoms with Crippen molar-refractivity contribution in [3.63, 3.8) is 0 Å². The molecule has 0 aromatic heterocycles. The van der Waals surface area contributed by atoms with Gasteiger partial charge in [-0.2, -0.15) is 0 Å². The van der Waals surface area contributed by atoms with Crippen LogP contribution in [0.15, 0.2) is 24.3 Å². The first-order valence-electron chi connectivity index (χ1n) is 7.72. The summed E-state index contributed by atoms with van der Waals surface area (Å²) in [6.45, 7) is 6.24. The number of rotatable bonds is 5. The lowest BCUT2D eigenvalue weighted by atomic mass is 9.84. The molecule has 1 fully saturated rings. The Morgan fingerprint density at radius 2 is 2.00 bits per heavy atom. The third kappa shape index (κ3) is 4.21. The van der Waals surface area contributed by atoms with Crippen molar-refractivity contribution in [3.8, 4) is 5.75 Å². The molecule has 1 aromatic rings. The zero-order valence-electron chi connectivity index (χ0n) is 12.8. The average molecular weight is 291 g/mol. The molecule has 116 valence electrons. The van der Waals surface area contributed by atoms with E-state index in [-0.39, 0.29) is 18.1 Å². The van der Waals surface area contributed by atoms with E-state index >= 15 is 0 Å². The molecule has 21 heavy (non-hydrogen) atoms. The first kappa shape index (κ1) is 15.8. The van der Waals surface area contributed by atoms with Gasteiger partial charge in [0.05, 0.1) is 0 Å². The average Bonchev–Trinajstić information content (AvgIpc) is 2.47. The highest BCUT2D eigenvalue weighted by atomic mass is 16.4. The molecule has 1 saturated heterocycles. The van der Waals surface area contributed by atoms with Crippen LogP contribution in [0.25, 0.3) is 0 Å². The number of benzene rings is 1. The summed E-state index contributed by atoms with van der Waals surface area (Å²) in [6.07, 6.45) is 2.50. The zero-order chi connectivity index (χ0) is 15.4. The molecule has 3 atom stereocenters. The second-order valence-corrected chi connectivity index (χ2v) is 6.24. The second kappa shape index (κ2) is 6.94. The minimum Gasteiger partial charge on any atom is -0.508 e. The maximum absolute atomic E-state index is 10.9. The normalized spacial score (nSPS) is 22.7. The SMILES string of the molecule is CC(CC(=O)O)C1CCCN(C(C)c2ccc(O)cc2)C1. The Morgan fingerprint density at radius 1 is 1.33 bits per heavy atom. The van der Waals surface area contributed by atoms with Gasteiger partial charge in [0.1, 0.15) is 5.75 Å². The molecule has 2 N–H and O–H groups in total. The van der Waals surface area contributed by atoms with Gasteiger partial charge in [0.25, 0.3) is 0 Å². The topological polar surface area (TPSA) is 60.8 Å². The number of carboxylic acids is 1. The number of aromatic hydroxyl groups is 1. The summed E-state index contributed by atoms with van der Waals surface area (Å²) >= 11 is 0. The molecular weight excluding hydrogens is 266 g/mol. The van der Waals surface area contributed by atoms with Crippen molar-refractivity contribution in [3.05, 3.63) is 29.8 Å². The quantitative estimate of drug-likeness (QED) is 0.874. The summed E-state index contributed by atoms with van der Waals surface area (Å²) in [6, 6.07) is 7.67. The van der Waals surface area contributed by atoms with Gasteiger partial charge in [-0.15, -0.1) is 0 Å². The van der Waals surface area contributed by atoms with E-state index in [9.17, 15) is 9.90 Å². The Kier molecular flexibility index (Phi) is 5.23. The molecule has 4 nitrogen and oxygen atoms in total. The molecule has 1 heterocycles. The van der Waals surface area contributed by atoms with E-state index in [1.54, 1.807) is 12.1 Å². The molecule has 3 unspecified atom stereocenters. The van der Waals surface area contributed by atoms with E-state index in [4.69, 9.17) is 5.11 Å². The highest BCUT2D eigenvalue weighted by Crippen LogP contribution is 2.31. The second-order valence-electron chi connectivity index (χ2n) is 6.24. The van der Waals surface area contributed by atoms with Gasteiger partial charge in [-0.3, -0.25) is 9.69 Å². The molecule has 0 aliphatic carbocycles. The summed E-state index contributed by atoms with van der Waals surface area (Å²) in [5, 5.41) is 18.3. The Labute approximate surface area is 126 Å². The van der Waals surface area contributed by atoms with E-state index < -0.39 is 5.97 Å². The number of piperidine rings is 1. The van der Waals surface area contributed by atoms with Crippen LogP contribution in [-0.2, 0) is 4.79 Å². The van der Waals surface area contributed by atoms with E-state index in [1.165, 1.54) is 5.56 Å². The van der Waals surface area contributed by atoms with Crippen molar-refractivity contribution in [1.82, 2.24) is 4.90 Å². The molecule has 1 aliphatic heterocycles. The molecule has 1 aliphatic rings. The Hall–Kier alpha value is -1.55. The van der Waals surface area contributed by atoms with E-state index in [0.29, 0.717) is 12.0 Å². The number of aliphatic carboxylic acids is 1. The Morgan fingerprint density at radius 3 is 2.62 bits per heavy atom. The van der Waals surface area contributed by atoms with Crippen molar-refractivity contribution in [2.45, 2.75) is 39.2 Å². The summed E-state index contributed by atoms with van der Waals surface area (Å²) in [5.41, 5.74) is 1.19. The molecule has 0 saturated carbocycles. The standard InChI is InChI=1S/C17H25NO3/c1-12(10-17(20)21)15-4-3-9-18(11-15)13(2)14-5-7-16(19)8-6-14/h5-8,12-13,15,19H,3-4,9-11H2,1-2H3,(H,20,21). The van der Waals surface area contributed by atoms with Crippen LogP contribution < -0.4 is 0 Å². The van der Waals surface area contributed by atoms with Crippen LogP contribution in [0.2, 0.25) is 0 Å². The molecular formula is C17H25NO3. The summed E-state index contributed by atoms with van der Waals surface area (Å²) in [4.78, 5) is 13.3. The third-order valence-corrected chi connectivity index (χ3v) is 4.71. The molecule has 0 spiro atoms. The number of hydrogen-bond acceptors (Lipinski definition) is 3. The number of phenols is 1. The number of carboxylic acid groups (broad SMARTS) is 1. The van der Waals surface area contributed by atoms with Gasteiger partial charge in [-0.25, -0.2) is 0 Å². The van der Waals surface area contributed by atoms with Gasteiger partial charge < -0.3 is 10.2 Å². The molecule has 4 heteroatoms. The van der Waals surface area contributed by atoms with Crippen LogP contribution >= 0.6 is 0 Å². The first-order chi connectivity index (χ1) is 9.97. The van der Waals surface area contributed by atoms with Gasteiger partial charge in [0.15, 0.2) is 0 Å². The fraction of sp³-hybridized carbons (Fsp3) is 0.588. The van der Waals surface area contributed by atoms with Crippen molar-refractivity contribution < 1.29 is 15.0 Å². The predicted octanol–water partition coefficient (Wildman–Crippen LogP) is 3.28. The zero-order valence-corrected chi connectivity index (χ0v) is 12.8. The van der Waals surface area contributed by atoms with E-state index in [0.717, 1.165) is 25.9 Å². The Balaban J connectivity index is 1.99. The number of likely N-dealkylation sites (tertiary alicyclic amines) is 1. The monoisotopic (exact) mass is 291 g/mol. The van der Waals surface area contributed by atoms with Crippen LogP contribution in [0.3, 0.4) is 0 Å². The van der Waals surface area contributed by atoms with Crippen LogP contribution in [0.1, 0.15) is 44.7 Å². The highest BCUT2D eigenvalue weighted by molar-refractivity contribution is 5.67. The van der Waals surface area contributed by atoms with E-state index in [2.05, 4.69) is 11.8 Å². The van der Waals surface area contributed by atoms with E-state index in [1.807, 2.05) is 19.1 Å². The number of hydrogen-bond donors (Lipinski definition) is 2. The van der Waals surface area contributed by atoms with Crippen molar-refractivity contribution in [2.75, 3.05) is 13.1 Å². The smallest absolute Gasteiger partial charge is 0.303 e. The molecule has 0 radical (unpaired) electrons. The van der Waals surface area contributed by atoms with Gasteiger partial charge in [-0.05, 0) is 55.8 Å². The lowest BCUT2D eigenvalue weighted by molar-refractivity contribution is -0.138. The number of carbonyl (C=O) groups is 1. The largest absolute Gasteiger partial charge is 0.508 e. The summed E-state index contributed by atoms with van der Waals surface area (Å²) in [5.74, 6) is 0.260. The van der Waals surface area contributed by atoms with Crippen LogP contribution in [0, 0.1) is 11.8 Å². The summed E-state index contributed by atoms with van der Waals surface area (Å²) < 4.78 is 0. The maximum atomic E-state index is 10.9. The van der Waals surface area contributed by atoms with Crippen LogP contribution in [-0.4, -0.2) is 34.2 Å². The maximum Gasteiger partial charge on any atom is 0.303 e. The predicted molar refractivity (Wildman–Crippen MR) is 82.2 cm³/mol. The van der Waals surface area contributed by atoms with Crippen molar-refractivity contribution >= 4 is 5.97 Å².